The summed E-state index contributed by atoms with van der Waals surface area (Å²) in [6.07, 6.45) is 1.92. The lowest BCUT2D eigenvalue weighted by Gasteiger charge is -2.16. The normalized spacial score (nSPS) is 13.5. The Labute approximate surface area is 105 Å². The van der Waals surface area contributed by atoms with Crippen molar-refractivity contribution < 1.29 is 9.94 Å². The maximum atomic E-state index is 8.66. The number of fused-ring (bicyclic) bond motifs is 1. The summed E-state index contributed by atoms with van der Waals surface area (Å²) < 4.78 is 5.67. The van der Waals surface area contributed by atoms with Crippen LogP contribution in [0.25, 0.3) is 10.9 Å². The third-order valence-electron chi connectivity index (χ3n) is 2.67. The van der Waals surface area contributed by atoms with Crippen LogP contribution in [0.15, 0.2) is 41.7 Å². The lowest BCUT2D eigenvalue weighted by atomic mass is 10.2. The van der Waals surface area contributed by atoms with E-state index in [1.807, 2.05) is 37.3 Å². The number of amidine groups is 1. The van der Waals surface area contributed by atoms with Crippen LogP contribution in [0.5, 0.6) is 5.75 Å². The molecule has 2 aromatic rings. The van der Waals surface area contributed by atoms with Gasteiger partial charge in [0, 0.05) is 17.6 Å². The Morgan fingerprint density at radius 3 is 3.06 bits per heavy atom. The van der Waals surface area contributed by atoms with Crippen LogP contribution in [0.2, 0.25) is 0 Å². The van der Waals surface area contributed by atoms with E-state index in [-0.39, 0.29) is 5.84 Å². The molecule has 0 bridgehead atoms. The number of ether oxygens (including phenoxy) is 1. The van der Waals surface area contributed by atoms with Crippen LogP contribution in [0.1, 0.15) is 13.3 Å². The predicted octanol–water partition coefficient (Wildman–Crippen LogP) is 2.14. The van der Waals surface area contributed by atoms with E-state index in [0.29, 0.717) is 12.2 Å². The Kier molecular flexibility index (Phi) is 3.62. The number of benzene rings is 1. The van der Waals surface area contributed by atoms with Gasteiger partial charge in [-0.15, -0.1) is 0 Å². The van der Waals surface area contributed by atoms with Crippen molar-refractivity contribution in [2.24, 2.45) is 10.9 Å². The molecule has 0 saturated carbocycles. The van der Waals surface area contributed by atoms with Crippen LogP contribution in [0.3, 0.4) is 0 Å². The molecule has 1 aromatic carbocycles. The van der Waals surface area contributed by atoms with E-state index in [9.17, 15) is 0 Å². The molecule has 3 N–H and O–H groups in total. The number of hydrogen-bond donors (Lipinski definition) is 2. The standard InChI is InChI=1S/C13H15N3O2/c1-2-12(13(14)16-17)18-10-6-5-9-4-3-7-15-11(9)8-10/h3-8,12,17H,2H2,1H3,(H2,14,16). The third kappa shape index (κ3) is 2.51. The van der Waals surface area contributed by atoms with Crippen molar-refractivity contribution in [3.63, 3.8) is 0 Å². The molecule has 1 heterocycles. The second kappa shape index (κ2) is 5.35. The number of nitrogens with zero attached hydrogens (tertiary/aromatic N) is 2. The zero-order valence-electron chi connectivity index (χ0n) is 10.1. The molecule has 0 spiro atoms. The van der Waals surface area contributed by atoms with Gasteiger partial charge in [0.1, 0.15) is 5.75 Å². The molecule has 0 aliphatic heterocycles. The summed E-state index contributed by atoms with van der Waals surface area (Å²) in [4.78, 5) is 4.25. The summed E-state index contributed by atoms with van der Waals surface area (Å²) >= 11 is 0. The lowest BCUT2D eigenvalue weighted by molar-refractivity contribution is 0.247. The molecule has 0 fully saturated rings. The number of hydrogen-bond acceptors (Lipinski definition) is 4. The third-order valence-corrected chi connectivity index (χ3v) is 2.67. The average molecular weight is 245 g/mol. The van der Waals surface area contributed by atoms with Gasteiger partial charge in [0.05, 0.1) is 5.52 Å². The van der Waals surface area contributed by atoms with Gasteiger partial charge in [0.15, 0.2) is 11.9 Å². The van der Waals surface area contributed by atoms with Gasteiger partial charge in [-0.3, -0.25) is 4.98 Å². The molecular weight excluding hydrogens is 230 g/mol. The van der Waals surface area contributed by atoms with E-state index in [2.05, 4.69) is 10.1 Å². The van der Waals surface area contributed by atoms with E-state index in [4.69, 9.17) is 15.7 Å². The highest BCUT2D eigenvalue weighted by molar-refractivity contribution is 5.85. The summed E-state index contributed by atoms with van der Waals surface area (Å²) in [6, 6.07) is 9.47. The van der Waals surface area contributed by atoms with E-state index in [1.54, 1.807) is 6.20 Å². The van der Waals surface area contributed by atoms with Gasteiger partial charge in [0.2, 0.25) is 0 Å². The minimum absolute atomic E-state index is 0.0682. The Morgan fingerprint density at radius 2 is 2.33 bits per heavy atom. The fourth-order valence-corrected chi connectivity index (χ4v) is 1.70. The molecule has 0 aliphatic carbocycles. The number of rotatable bonds is 4. The molecule has 0 aliphatic rings. The van der Waals surface area contributed by atoms with Crippen LogP contribution in [-0.4, -0.2) is 22.1 Å². The molecule has 5 heteroatoms. The molecule has 94 valence electrons. The van der Waals surface area contributed by atoms with Crippen molar-refractivity contribution in [3.8, 4) is 5.75 Å². The number of aromatic nitrogens is 1. The zero-order valence-corrected chi connectivity index (χ0v) is 10.1. The van der Waals surface area contributed by atoms with Crippen LogP contribution in [0, 0.1) is 0 Å². The van der Waals surface area contributed by atoms with Gasteiger partial charge in [-0.05, 0) is 24.6 Å². The first-order valence-corrected chi connectivity index (χ1v) is 5.73. The summed E-state index contributed by atoms with van der Waals surface area (Å²) in [7, 11) is 0. The number of nitrogens with two attached hydrogens (primary N) is 1. The number of oxime groups is 1. The molecule has 18 heavy (non-hydrogen) atoms. The first-order chi connectivity index (χ1) is 8.74. The fraction of sp³-hybridized carbons (Fsp3) is 0.231. The van der Waals surface area contributed by atoms with Gasteiger partial charge >= 0.3 is 0 Å². The summed E-state index contributed by atoms with van der Waals surface area (Å²) in [5, 5.41) is 12.7. The Morgan fingerprint density at radius 1 is 1.50 bits per heavy atom. The van der Waals surface area contributed by atoms with E-state index >= 15 is 0 Å². The van der Waals surface area contributed by atoms with Crippen molar-refractivity contribution in [1.29, 1.82) is 0 Å². The molecule has 0 amide bonds. The fourth-order valence-electron chi connectivity index (χ4n) is 1.70. The molecule has 1 unspecified atom stereocenters. The van der Waals surface area contributed by atoms with Crippen LogP contribution < -0.4 is 10.5 Å². The molecule has 0 saturated heterocycles. The maximum absolute atomic E-state index is 8.66. The van der Waals surface area contributed by atoms with Crippen LogP contribution in [-0.2, 0) is 0 Å². The van der Waals surface area contributed by atoms with Gasteiger partial charge < -0.3 is 15.7 Å². The average Bonchev–Trinajstić information content (AvgIpc) is 2.43. The Balaban J connectivity index is 2.26. The first kappa shape index (κ1) is 12.2. The molecule has 1 aromatic heterocycles. The van der Waals surface area contributed by atoms with Crippen LogP contribution in [0.4, 0.5) is 0 Å². The quantitative estimate of drug-likeness (QED) is 0.374. The van der Waals surface area contributed by atoms with Crippen molar-refractivity contribution in [1.82, 2.24) is 4.98 Å². The Bertz CT molecular complexity index is 569. The maximum Gasteiger partial charge on any atom is 0.180 e. The Hall–Kier alpha value is -2.30. The predicted molar refractivity (Wildman–Crippen MR) is 69.9 cm³/mol. The van der Waals surface area contributed by atoms with Crippen molar-refractivity contribution in [2.75, 3.05) is 0 Å². The smallest absolute Gasteiger partial charge is 0.180 e. The van der Waals surface area contributed by atoms with Gasteiger partial charge in [-0.2, -0.15) is 0 Å². The minimum Gasteiger partial charge on any atom is -0.482 e. The van der Waals surface area contributed by atoms with Gasteiger partial charge in [-0.25, -0.2) is 0 Å². The van der Waals surface area contributed by atoms with E-state index in [1.165, 1.54) is 0 Å². The van der Waals surface area contributed by atoms with Crippen LogP contribution >= 0.6 is 0 Å². The van der Waals surface area contributed by atoms with Crippen molar-refractivity contribution >= 4 is 16.7 Å². The summed E-state index contributed by atoms with van der Waals surface area (Å²) in [5.74, 6) is 0.721. The van der Waals surface area contributed by atoms with Gasteiger partial charge in [-0.1, -0.05) is 18.1 Å². The topological polar surface area (TPSA) is 80.7 Å². The molecular formula is C13H15N3O2. The summed E-state index contributed by atoms with van der Waals surface area (Å²) in [6.45, 7) is 1.90. The molecule has 1 atom stereocenters. The van der Waals surface area contributed by atoms with Gasteiger partial charge in [0.25, 0.3) is 0 Å². The minimum atomic E-state index is -0.434. The first-order valence-electron chi connectivity index (χ1n) is 5.73. The zero-order chi connectivity index (χ0) is 13.0. The number of pyridine rings is 1. The second-order valence-electron chi connectivity index (χ2n) is 3.90. The highest BCUT2D eigenvalue weighted by Crippen LogP contribution is 2.20. The largest absolute Gasteiger partial charge is 0.482 e. The van der Waals surface area contributed by atoms with Crippen molar-refractivity contribution in [2.45, 2.75) is 19.4 Å². The monoisotopic (exact) mass is 245 g/mol. The highest BCUT2D eigenvalue weighted by Gasteiger charge is 2.13. The molecule has 2 rings (SSSR count). The van der Waals surface area contributed by atoms with E-state index in [0.717, 1.165) is 10.9 Å². The van der Waals surface area contributed by atoms with E-state index < -0.39 is 6.10 Å². The summed E-state index contributed by atoms with van der Waals surface area (Å²) in [5.41, 5.74) is 6.40. The highest BCUT2D eigenvalue weighted by atomic mass is 16.5. The van der Waals surface area contributed by atoms with Crippen molar-refractivity contribution in [3.05, 3.63) is 36.5 Å². The second-order valence-corrected chi connectivity index (χ2v) is 3.90. The molecule has 0 radical (unpaired) electrons. The lowest BCUT2D eigenvalue weighted by Crippen LogP contribution is -2.33. The molecule has 5 nitrogen and oxygen atoms in total. The SMILES string of the molecule is CCC(Oc1ccc2cccnc2c1)/C(N)=N/O.